The van der Waals surface area contributed by atoms with Crippen molar-refractivity contribution in [1.82, 2.24) is 14.6 Å². The third kappa shape index (κ3) is 1.22. The first kappa shape index (κ1) is 8.23. The highest BCUT2D eigenvalue weighted by Gasteiger charge is 2.06. The summed E-state index contributed by atoms with van der Waals surface area (Å²) in [5, 5.41) is 4.16. The summed E-state index contributed by atoms with van der Waals surface area (Å²) < 4.78 is 7.11. The molecule has 0 aliphatic heterocycles. The molecular weight excluding hydrogens is 190 g/mol. The number of fused-ring (bicyclic) bond motifs is 1. The lowest BCUT2D eigenvalue weighted by Crippen LogP contribution is -1.96. The summed E-state index contributed by atoms with van der Waals surface area (Å²) in [6, 6.07) is 7.58. The van der Waals surface area contributed by atoms with Crippen molar-refractivity contribution >= 4 is 5.65 Å². The van der Waals surface area contributed by atoms with Gasteiger partial charge in [-0.3, -0.25) is 0 Å². The third-order valence-electron chi connectivity index (χ3n) is 2.31. The molecule has 0 spiro atoms. The number of aromatic nitrogens is 3. The van der Waals surface area contributed by atoms with E-state index < -0.39 is 0 Å². The van der Waals surface area contributed by atoms with Gasteiger partial charge in [-0.25, -0.2) is 9.50 Å². The lowest BCUT2D eigenvalue weighted by atomic mass is 10.3. The van der Waals surface area contributed by atoms with Crippen molar-refractivity contribution in [1.29, 1.82) is 0 Å². The van der Waals surface area contributed by atoms with Gasteiger partial charge in [0.1, 0.15) is 5.69 Å². The molecule has 3 aromatic heterocycles. The zero-order valence-electron chi connectivity index (χ0n) is 8.21. The maximum Gasteiger partial charge on any atom is 0.156 e. The van der Waals surface area contributed by atoms with Crippen LogP contribution in [0.1, 0.15) is 5.69 Å². The first-order valence-electron chi connectivity index (χ1n) is 4.70. The summed E-state index contributed by atoms with van der Waals surface area (Å²) in [6.07, 6.45) is 3.38. The van der Waals surface area contributed by atoms with Crippen molar-refractivity contribution in [3.05, 3.63) is 42.4 Å². The number of furan rings is 1. The number of aryl methyl sites for hydroxylation is 1. The first-order valence-corrected chi connectivity index (χ1v) is 4.70. The first-order chi connectivity index (χ1) is 7.34. The average Bonchev–Trinajstić information content (AvgIpc) is 2.88. The molecule has 0 N–H and O–H groups in total. The molecule has 0 aliphatic rings. The molecule has 0 fully saturated rings. The van der Waals surface area contributed by atoms with E-state index in [1.807, 2.05) is 31.2 Å². The van der Waals surface area contributed by atoms with Gasteiger partial charge in [-0.2, -0.15) is 5.10 Å². The van der Waals surface area contributed by atoms with E-state index in [9.17, 15) is 0 Å². The van der Waals surface area contributed by atoms with E-state index in [4.69, 9.17) is 4.42 Å². The Morgan fingerprint density at radius 2 is 2.27 bits per heavy atom. The summed E-state index contributed by atoms with van der Waals surface area (Å²) >= 11 is 0. The highest BCUT2D eigenvalue weighted by molar-refractivity contribution is 5.56. The summed E-state index contributed by atoms with van der Waals surface area (Å²) in [7, 11) is 0. The van der Waals surface area contributed by atoms with Crippen LogP contribution in [0.3, 0.4) is 0 Å². The van der Waals surface area contributed by atoms with Gasteiger partial charge < -0.3 is 4.42 Å². The van der Waals surface area contributed by atoms with Crippen molar-refractivity contribution < 1.29 is 4.42 Å². The predicted octanol–water partition coefficient (Wildman–Crippen LogP) is 2.30. The zero-order chi connectivity index (χ0) is 10.3. The number of hydrogen-bond acceptors (Lipinski definition) is 3. The van der Waals surface area contributed by atoms with E-state index in [2.05, 4.69) is 10.1 Å². The van der Waals surface area contributed by atoms with Gasteiger partial charge in [-0.1, -0.05) is 0 Å². The molecule has 0 aromatic carbocycles. The van der Waals surface area contributed by atoms with Crippen molar-refractivity contribution in [2.75, 3.05) is 0 Å². The van der Waals surface area contributed by atoms with E-state index in [0.717, 1.165) is 22.8 Å². The molecule has 0 atom stereocenters. The molecule has 0 amide bonds. The molecule has 0 saturated carbocycles. The lowest BCUT2D eigenvalue weighted by Gasteiger charge is -2.01. The van der Waals surface area contributed by atoms with Gasteiger partial charge >= 0.3 is 0 Å². The fourth-order valence-electron chi connectivity index (χ4n) is 1.62. The van der Waals surface area contributed by atoms with Crippen LogP contribution in [0, 0.1) is 6.92 Å². The van der Waals surface area contributed by atoms with Gasteiger partial charge in [0.25, 0.3) is 0 Å². The SMILES string of the molecule is Cc1cc(-c2ccco2)nc2ccnn12. The molecule has 3 aromatic rings. The Hall–Kier alpha value is -2.10. The fraction of sp³-hybridized carbons (Fsp3) is 0.0909. The summed E-state index contributed by atoms with van der Waals surface area (Å²) in [6.45, 7) is 1.99. The smallest absolute Gasteiger partial charge is 0.156 e. The normalized spacial score (nSPS) is 11.0. The van der Waals surface area contributed by atoms with E-state index in [-0.39, 0.29) is 0 Å². The highest BCUT2D eigenvalue weighted by atomic mass is 16.3. The predicted molar refractivity (Wildman–Crippen MR) is 55.4 cm³/mol. The van der Waals surface area contributed by atoms with Crippen molar-refractivity contribution in [3.63, 3.8) is 0 Å². The lowest BCUT2D eigenvalue weighted by molar-refractivity contribution is 0.580. The minimum absolute atomic E-state index is 0.779. The van der Waals surface area contributed by atoms with Crippen molar-refractivity contribution in [2.24, 2.45) is 0 Å². The monoisotopic (exact) mass is 199 g/mol. The van der Waals surface area contributed by atoms with Gasteiger partial charge in [-0.15, -0.1) is 0 Å². The molecule has 3 heterocycles. The number of rotatable bonds is 1. The molecule has 15 heavy (non-hydrogen) atoms. The zero-order valence-corrected chi connectivity index (χ0v) is 8.21. The van der Waals surface area contributed by atoms with Crippen molar-refractivity contribution in [2.45, 2.75) is 6.92 Å². The molecule has 4 heteroatoms. The van der Waals surface area contributed by atoms with Crippen molar-refractivity contribution in [3.8, 4) is 11.5 Å². The van der Waals surface area contributed by atoms with Crippen LogP contribution in [0.5, 0.6) is 0 Å². The number of hydrogen-bond donors (Lipinski definition) is 0. The Balaban J connectivity index is 2.29. The summed E-state index contributed by atoms with van der Waals surface area (Å²) in [5.74, 6) is 0.779. The Kier molecular flexibility index (Phi) is 1.62. The third-order valence-corrected chi connectivity index (χ3v) is 2.31. The average molecular weight is 199 g/mol. The maximum absolute atomic E-state index is 5.31. The Bertz CT molecular complexity index is 595. The standard InChI is InChI=1S/C11H9N3O/c1-8-7-9(10-3-2-6-15-10)13-11-4-5-12-14(8)11/h2-7H,1H3. The number of nitrogens with zero attached hydrogens (tertiary/aromatic N) is 3. The van der Waals surface area contributed by atoms with Gasteiger partial charge in [0.15, 0.2) is 11.4 Å². The Morgan fingerprint density at radius 3 is 3.07 bits per heavy atom. The molecule has 74 valence electrons. The largest absolute Gasteiger partial charge is 0.463 e. The Labute approximate surface area is 86.2 Å². The van der Waals surface area contributed by atoms with Gasteiger partial charge in [-0.05, 0) is 25.1 Å². The van der Waals surface area contributed by atoms with Crippen LogP contribution in [-0.4, -0.2) is 14.6 Å². The van der Waals surface area contributed by atoms with Crippen LogP contribution in [0.2, 0.25) is 0 Å². The Morgan fingerprint density at radius 1 is 1.33 bits per heavy atom. The summed E-state index contributed by atoms with van der Waals surface area (Å²) in [4.78, 5) is 4.45. The highest BCUT2D eigenvalue weighted by Crippen LogP contribution is 2.19. The van der Waals surface area contributed by atoms with E-state index in [1.165, 1.54) is 0 Å². The fourth-order valence-corrected chi connectivity index (χ4v) is 1.62. The van der Waals surface area contributed by atoms with Gasteiger partial charge in [0.2, 0.25) is 0 Å². The molecule has 3 rings (SSSR count). The molecule has 0 saturated heterocycles. The summed E-state index contributed by atoms with van der Waals surface area (Å²) in [5.41, 5.74) is 2.71. The van der Waals surface area contributed by atoms with Gasteiger partial charge in [0, 0.05) is 11.8 Å². The second kappa shape index (κ2) is 2.95. The van der Waals surface area contributed by atoms with E-state index >= 15 is 0 Å². The van der Waals surface area contributed by atoms with Crippen LogP contribution in [0.15, 0.2) is 41.1 Å². The molecule has 0 unspecified atom stereocenters. The maximum atomic E-state index is 5.31. The molecule has 0 radical (unpaired) electrons. The quantitative estimate of drug-likeness (QED) is 0.604. The minimum Gasteiger partial charge on any atom is -0.463 e. The van der Waals surface area contributed by atoms with Gasteiger partial charge in [0.05, 0.1) is 12.5 Å². The van der Waals surface area contributed by atoms with Crippen LogP contribution in [0.4, 0.5) is 0 Å². The van der Waals surface area contributed by atoms with Crippen LogP contribution in [0.25, 0.3) is 17.1 Å². The van der Waals surface area contributed by atoms with Crippen LogP contribution in [-0.2, 0) is 0 Å². The topological polar surface area (TPSA) is 43.3 Å². The molecule has 0 bridgehead atoms. The van der Waals surface area contributed by atoms with E-state index in [0.29, 0.717) is 0 Å². The molecule has 4 nitrogen and oxygen atoms in total. The van der Waals surface area contributed by atoms with Crippen LogP contribution < -0.4 is 0 Å². The second-order valence-corrected chi connectivity index (χ2v) is 3.36. The van der Waals surface area contributed by atoms with Crippen LogP contribution >= 0.6 is 0 Å². The molecule has 0 aliphatic carbocycles. The second-order valence-electron chi connectivity index (χ2n) is 3.36. The molecular formula is C11H9N3O. The minimum atomic E-state index is 0.779. The van der Waals surface area contributed by atoms with E-state index in [1.54, 1.807) is 17.0 Å².